The lowest BCUT2D eigenvalue weighted by Gasteiger charge is -2.63. The zero-order valence-corrected chi connectivity index (χ0v) is 23.6. The van der Waals surface area contributed by atoms with E-state index in [0.29, 0.717) is 18.3 Å². The Hall–Kier alpha value is -0.950. The maximum atomic E-state index is 13.1. The molecular weight excluding hydrogens is 468 g/mol. The van der Waals surface area contributed by atoms with E-state index in [1.807, 2.05) is 13.8 Å². The predicted octanol–water partition coefficient (Wildman–Crippen LogP) is 4.24. The predicted molar refractivity (Wildman–Crippen MR) is 141 cm³/mol. The summed E-state index contributed by atoms with van der Waals surface area (Å²) in [6.07, 6.45) is 6.78. The highest BCUT2D eigenvalue weighted by atomic mass is 16.5. The highest BCUT2D eigenvalue weighted by Gasteiger charge is 2.85. The minimum atomic E-state index is -0.978. The van der Waals surface area contributed by atoms with Crippen LogP contribution in [0, 0.1) is 50.7 Å². The summed E-state index contributed by atoms with van der Waals surface area (Å²) in [5.41, 5.74) is -0.311. The van der Waals surface area contributed by atoms with Crippen LogP contribution in [0.2, 0.25) is 0 Å². The second-order valence-corrected chi connectivity index (χ2v) is 14.5. The third kappa shape index (κ3) is 3.28. The first-order valence-electron chi connectivity index (χ1n) is 14.7. The lowest BCUT2D eigenvalue weighted by molar-refractivity contribution is -0.212. The summed E-state index contributed by atoms with van der Waals surface area (Å²) in [7, 11) is 1.41. The van der Waals surface area contributed by atoms with Gasteiger partial charge in [-0.15, -0.1) is 0 Å². The largest absolute Gasteiger partial charge is 0.469 e. The Labute approximate surface area is 222 Å². The number of ether oxygens (including phenoxy) is 1. The molecular formula is C31H50O6. The van der Waals surface area contributed by atoms with Gasteiger partial charge >= 0.3 is 5.97 Å². The van der Waals surface area contributed by atoms with Crippen molar-refractivity contribution in [1.82, 2.24) is 0 Å². The average Bonchev–Trinajstić information content (AvgIpc) is 3.48. The van der Waals surface area contributed by atoms with Gasteiger partial charge in [-0.2, -0.15) is 0 Å². The lowest BCUT2D eigenvalue weighted by atomic mass is 9.41. The van der Waals surface area contributed by atoms with Gasteiger partial charge < -0.3 is 25.2 Å². The molecule has 4 N–H and O–H groups in total. The molecule has 0 aromatic heterocycles. The van der Waals surface area contributed by atoms with Crippen molar-refractivity contribution in [2.45, 2.75) is 110 Å². The number of aliphatic hydroxyl groups is 4. The minimum Gasteiger partial charge on any atom is -0.469 e. The van der Waals surface area contributed by atoms with E-state index in [0.717, 1.165) is 56.9 Å². The van der Waals surface area contributed by atoms with Crippen LogP contribution in [0.1, 0.15) is 91.9 Å². The fraction of sp³-hybridized carbons (Fsp3) is 0.903. The Morgan fingerprint density at radius 2 is 1.68 bits per heavy atom. The van der Waals surface area contributed by atoms with E-state index in [9.17, 15) is 25.2 Å². The van der Waals surface area contributed by atoms with Gasteiger partial charge in [0.25, 0.3) is 0 Å². The molecule has 0 heterocycles. The number of carbonyl (C=O) groups excluding carboxylic acids is 1. The van der Waals surface area contributed by atoms with Crippen LogP contribution in [0.5, 0.6) is 0 Å². The number of rotatable bonds is 7. The molecule has 5 aliphatic carbocycles. The number of fused-ring (bicyclic) bond motifs is 2. The summed E-state index contributed by atoms with van der Waals surface area (Å²) in [5, 5.41) is 43.4. The molecule has 5 rings (SSSR count). The third-order valence-corrected chi connectivity index (χ3v) is 13.7. The van der Waals surface area contributed by atoms with Crippen LogP contribution in [0.3, 0.4) is 0 Å². The maximum Gasteiger partial charge on any atom is 0.314 e. The molecule has 0 aromatic carbocycles. The van der Waals surface area contributed by atoms with Crippen LogP contribution in [0.15, 0.2) is 12.2 Å². The van der Waals surface area contributed by atoms with E-state index in [-0.39, 0.29) is 52.5 Å². The molecule has 2 spiro atoms. The van der Waals surface area contributed by atoms with E-state index < -0.39 is 23.7 Å². The fourth-order valence-corrected chi connectivity index (χ4v) is 11.4. The molecule has 5 saturated carbocycles. The van der Waals surface area contributed by atoms with Crippen LogP contribution in [0.4, 0.5) is 0 Å². The van der Waals surface area contributed by atoms with E-state index in [2.05, 4.69) is 20.4 Å². The van der Waals surface area contributed by atoms with Crippen molar-refractivity contribution >= 4 is 5.97 Å². The van der Waals surface area contributed by atoms with Crippen molar-refractivity contribution in [3.05, 3.63) is 12.2 Å². The number of carbonyl (C=O) groups is 1. The van der Waals surface area contributed by atoms with Gasteiger partial charge in [0.05, 0.1) is 30.8 Å². The van der Waals surface area contributed by atoms with E-state index in [1.54, 1.807) is 0 Å². The second kappa shape index (κ2) is 8.78. The van der Waals surface area contributed by atoms with E-state index >= 15 is 0 Å². The number of aliphatic hydroxyl groups excluding tert-OH is 4. The van der Waals surface area contributed by atoms with E-state index in [4.69, 9.17) is 4.74 Å². The zero-order chi connectivity index (χ0) is 27.2. The van der Waals surface area contributed by atoms with Gasteiger partial charge in [-0.1, -0.05) is 26.0 Å². The molecule has 12 atom stereocenters. The third-order valence-electron chi connectivity index (χ3n) is 13.7. The molecule has 6 nitrogen and oxygen atoms in total. The van der Waals surface area contributed by atoms with Crippen molar-refractivity contribution in [3.63, 3.8) is 0 Å². The summed E-state index contributed by atoms with van der Waals surface area (Å²) in [6.45, 7) is 12.7. The van der Waals surface area contributed by atoms with Crippen molar-refractivity contribution in [2.24, 2.45) is 50.7 Å². The summed E-state index contributed by atoms with van der Waals surface area (Å²) < 4.78 is 5.23. The van der Waals surface area contributed by atoms with Gasteiger partial charge in [0.2, 0.25) is 0 Å². The molecule has 0 saturated heterocycles. The van der Waals surface area contributed by atoms with Gasteiger partial charge in [-0.3, -0.25) is 4.79 Å². The molecule has 5 aliphatic rings. The van der Waals surface area contributed by atoms with Gasteiger partial charge in [-0.25, -0.2) is 0 Å². The molecule has 0 amide bonds. The van der Waals surface area contributed by atoms with E-state index in [1.165, 1.54) is 7.11 Å². The quantitative estimate of drug-likeness (QED) is 0.297. The Bertz CT molecular complexity index is 950. The first kappa shape index (κ1) is 27.6. The molecule has 0 bridgehead atoms. The SMILES string of the molecule is C=C(C)C(O)CCC(CO)C1CCC2(C)C3CCC4C(C)(C(=O)OC)C(O)CC(O)C45CC35CCC12C. The van der Waals surface area contributed by atoms with Gasteiger partial charge in [0, 0.05) is 18.4 Å². The Morgan fingerprint density at radius 3 is 2.30 bits per heavy atom. The first-order chi connectivity index (χ1) is 17.3. The minimum absolute atomic E-state index is 0.0127. The summed E-state index contributed by atoms with van der Waals surface area (Å²) >= 11 is 0. The summed E-state index contributed by atoms with van der Waals surface area (Å²) in [5.74, 6) is 0.626. The molecule has 12 unspecified atom stereocenters. The van der Waals surface area contributed by atoms with Crippen molar-refractivity contribution in [1.29, 1.82) is 0 Å². The number of methoxy groups -OCH3 is 1. The number of hydrogen-bond acceptors (Lipinski definition) is 6. The highest BCUT2D eigenvalue weighted by Crippen LogP contribution is 2.89. The van der Waals surface area contributed by atoms with Gasteiger partial charge in [0.1, 0.15) is 0 Å². The summed E-state index contributed by atoms with van der Waals surface area (Å²) in [6, 6.07) is 0. The normalized spacial score (nSPS) is 51.6. The highest BCUT2D eigenvalue weighted by molar-refractivity contribution is 5.78. The standard InChI is InChI=1S/C31H50O6/c1-18(2)21(33)8-7-19(16-32)20-11-12-28(4)22-9-10-23-29(5,26(36)37-6)24(34)15-25(35)31(23)17-30(22,31)14-13-27(20,28)3/h19-25,32-35H,1,7-17H2,2-6H3. The van der Waals surface area contributed by atoms with Crippen LogP contribution in [-0.2, 0) is 9.53 Å². The molecule has 0 aromatic rings. The molecule has 37 heavy (non-hydrogen) atoms. The smallest absolute Gasteiger partial charge is 0.314 e. The van der Waals surface area contributed by atoms with Gasteiger partial charge in [-0.05, 0) is 112 Å². The fourth-order valence-electron chi connectivity index (χ4n) is 11.4. The molecule has 0 radical (unpaired) electrons. The van der Waals surface area contributed by atoms with Crippen molar-refractivity contribution in [3.8, 4) is 0 Å². The second-order valence-electron chi connectivity index (χ2n) is 14.5. The maximum absolute atomic E-state index is 13.1. The average molecular weight is 519 g/mol. The first-order valence-corrected chi connectivity index (χ1v) is 14.7. The Morgan fingerprint density at radius 1 is 1.00 bits per heavy atom. The molecule has 6 heteroatoms. The van der Waals surface area contributed by atoms with Crippen LogP contribution in [-0.4, -0.2) is 58.4 Å². The van der Waals surface area contributed by atoms with Crippen molar-refractivity contribution in [2.75, 3.05) is 13.7 Å². The molecule has 5 fully saturated rings. The monoisotopic (exact) mass is 518 g/mol. The van der Waals surface area contributed by atoms with Crippen molar-refractivity contribution < 1.29 is 30.0 Å². The Balaban J connectivity index is 1.45. The molecule has 210 valence electrons. The van der Waals surface area contributed by atoms with Gasteiger partial charge in [0.15, 0.2) is 0 Å². The molecule has 0 aliphatic heterocycles. The number of esters is 1. The Kier molecular flexibility index (Phi) is 6.55. The lowest BCUT2D eigenvalue weighted by Crippen LogP contribution is -2.63. The zero-order valence-electron chi connectivity index (χ0n) is 23.6. The topological polar surface area (TPSA) is 107 Å². The van der Waals surface area contributed by atoms with Crippen LogP contribution < -0.4 is 0 Å². The van der Waals surface area contributed by atoms with Crippen LogP contribution in [0.25, 0.3) is 0 Å². The number of hydrogen-bond donors (Lipinski definition) is 4. The van der Waals surface area contributed by atoms with Crippen LogP contribution >= 0.6 is 0 Å². The summed E-state index contributed by atoms with van der Waals surface area (Å²) in [4.78, 5) is 13.1.